The number of pyridine rings is 1. The van der Waals surface area contributed by atoms with Crippen LogP contribution in [0.15, 0.2) is 48.5 Å². The van der Waals surface area contributed by atoms with E-state index in [0.717, 1.165) is 41.3 Å². The fourth-order valence-corrected chi connectivity index (χ4v) is 4.95. The first-order valence-electron chi connectivity index (χ1n) is 10.8. The molecule has 0 spiro atoms. The van der Waals surface area contributed by atoms with Crippen molar-refractivity contribution in [2.24, 2.45) is 5.92 Å². The molecule has 0 saturated heterocycles. The summed E-state index contributed by atoms with van der Waals surface area (Å²) in [7, 11) is 0. The monoisotopic (exact) mass is 416 g/mol. The minimum atomic E-state index is 0.197. The summed E-state index contributed by atoms with van der Waals surface area (Å²) in [5.41, 5.74) is 6.74. The van der Waals surface area contributed by atoms with Crippen molar-refractivity contribution in [3.05, 3.63) is 75.9 Å². The molecule has 1 fully saturated rings. The Morgan fingerprint density at radius 3 is 2.77 bits per heavy atom. The molecule has 5 rings (SSSR count). The highest BCUT2D eigenvalue weighted by atomic mass is 35.5. The lowest BCUT2D eigenvalue weighted by Gasteiger charge is -2.20. The maximum atomic E-state index is 12.4. The summed E-state index contributed by atoms with van der Waals surface area (Å²) in [4.78, 5) is 17.0. The van der Waals surface area contributed by atoms with Gasteiger partial charge in [0.05, 0.1) is 5.52 Å². The molecule has 3 aromatic rings. The van der Waals surface area contributed by atoms with Gasteiger partial charge in [-0.25, -0.2) is 4.98 Å². The van der Waals surface area contributed by atoms with Crippen molar-refractivity contribution < 1.29 is 4.79 Å². The number of fused-ring (bicyclic) bond motifs is 2. The van der Waals surface area contributed by atoms with E-state index in [1.807, 2.05) is 18.2 Å². The number of halogens is 1. The van der Waals surface area contributed by atoms with Gasteiger partial charge in [0.1, 0.15) is 5.15 Å². The highest BCUT2D eigenvalue weighted by molar-refractivity contribution is 6.32. The number of para-hydroxylation sites is 1. The van der Waals surface area contributed by atoms with Crippen LogP contribution in [0.5, 0.6) is 0 Å². The van der Waals surface area contributed by atoms with E-state index in [1.165, 1.54) is 36.0 Å². The number of hydrogen-bond acceptors (Lipinski definition) is 2. The largest absolute Gasteiger partial charge is 0.352 e. The fraction of sp³-hybridized carbons (Fsp3) is 0.308. The van der Waals surface area contributed by atoms with E-state index in [-0.39, 0.29) is 11.8 Å². The van der Waals surface area contributed by atoms with Gasteiger partial charge < -0.3 is 5.32 Å². The van der Waals surface area contributed by atoms with Crippen molar-refractivity contribution in [2.45, 2.75) is 45.1 Å². The summed E-state index contributed by atoms with van der Waals surface area (Å²) in [5, 5.41) is 4.79. The Labute approximate surface area is 182 Å². The van der Waals surface area contributed by atoms with Gasteiger partial charge in [0.15, 0.2) is 0 Å². The van der Waals surface area contributed by atoms with E-state index < -0.39 is 0 Å². The molecular weight excluding hydrogens is 392 g/mol. The minimum Gasteiger partial charge on any atom is -0.352 e. The second-order valence-electron chi connectivity index (χ2n) is 8.45. The van der Waals surface area contributed by atoms with Crippen LogP contribution in [0, 0.1) is 5.92 Å². The predicted molar refractivity (Wildman–Crippen MR) is 123 cm³/mol. The van der Waals surface area contributed by atoms with Crippen LogP contribution in [-0.2, 0) is 17.8 Å². The zero-order valence-corrected chi connectivity index (χ0v) is 17.7. The molecule has 1 aromatic heterocycles. The number of allylic oxidation sites excluding steroid dienone is 1. The van der Waals surface area contributed by atoms with E-state index >= 15 is 0 Å². The highest BCUT2D eigenvalue weighted by Crippen LogP contribution is 2.36. The van der Waals surface area contributed by atoms with E-state index in [1.54, 1.807) is 0 Å². The molecule has 0 atom stereocenters. The molecule has 30 heavy (non-hydrogen) atoms. The third-order valence-electron chi connectivity index (χ3n) is 6.39. The molecule has 152 valence electrons. The summed E-state index contributed by atoms with van der Waals surface area (Å²) >= 11 is 6.52. The van der Waals surface area contributed by atoms with E-state index in [9.17, 15) is 4.79 Å². The molecule has 2 aliphatic rings. The van der Waals surface area contributed by atoms with Gasteiger partial charge >= 0.3 is 0 Å². The molecule has 2 aliphatic carbocycles. The van der Waals surface area contributed by atoms with Crippen molar-refractivity contribution in [2.75, 3.05) is 0 Å². The van der Waals surface area contributed by atoms with Crippen molar-refractivity contribution in [3.8, 4) is 0 Å². The number of amides is 1. The maximum absolute atomic E-state index is 12.4. The van der Waals surface area contributed by atoms with Crippen LogP contribution in [-0.4, -0.2) is 10.9 Å². The fourth-order valence-electron chi connectivity index (χ4n) is 4.68. The first-order valence-corrected chi connectivity index (χ1v) is 11.2. The van der Waals surface area contributed by atoms with Gasteiger partial charge in [-0.2, -0.15) is 0 Å². The Bertz CT molecular complexity index is 1140. The smallest absolute Gasteiger partial charge is 0.223 e. The highest BCUT2D eigenvalue weighted by Gasteiger charge is 2.21. The average Bonchev–Trinajstić information content (AvgIpc) is 3.20. The first kappa shape index (κ1) is 19.3. The van der Waals surface area contributed by atoms with Gasteiger partial charge in [-0.15, -0.1) is 0 Å². The zero-order chi connectivity index (χ0) is 20.5. The summed E-state index contributed by atoms with van der Waals surface area (Å²) in [6.45, 7) is 0.587. The molecule has 1 saturated carbocycles. The number of nitrogens with one attached hydrogen (secondary N) is 1. The number of benzene rings is 2. The van der Waals surface area contributed by atoms with Crippen molar-refractivity contribution in [3.63, 3.8) is 0 Å². The second-order valence-corrected chi connectivity index (χ2v) is 8.81. The first-order chi connectivity index (χ1) is 14.7. The van der Waals surface area contributed by atoms with Crippen LogP contribution in [0.2, 0.25) is 5.15 Å². The molecule has 0 bridgehead atoms. The number of nitrogens with zero attached hydrogens (tertiary/aromatic N) is 1. The molecule has 1 amide bonds. The van der Waals surface area contributed by atoms with Gasteiger partial charge in [0.2, 0.25) is 5.91 Å². The average molecular weight is 417 g/mol. The SMILES string of the molecule is O=C(NCc1ccc2c(c1)C=C(c1cc3ccccc3nc1Cl)C2)C1CCCCC1. The summed E-state index contributed by atoms with van der Waals surface area (Å²) in [6.07, 6.45) is 8.74. The topological polar surface area (TPSA) is 42.0 Å². The molecule has 3 nitrogen and oxygen atoms in total. The predicted octanol–water partition coefficient (Wildman–Crippen LogP) is 6.18. The molecule has 0 radical (unpaired) electrons. The molecule has 0 unspecified atom stereocenters. The van der Waals surface area contributed by atoms with Gasteiger partial charge in [-0.05, 0) is 59.7 Å². The molecule has 4 heteroatoms. The van der Waals surface area contributed by atoms with E-state index in [2.05, 4.69) is 46.7 Å². The van der Waals surface area contributed by atoms with Crippen LogP contribution in [0.25, 0.3) is 22.6 Å². The summed E-state index contributed by atoms with van der Waals surface area (Å²) in [5.74, 6) is 0.405. The molecule has 2 aromatic carbocycles. The van der Waals surface area contributed by atoms with Crippen molar-refractivity contribution in [1.29, 1.82) is 0 Å². The van der Waals surface area contributed by atoms with Crippen LogP contribution in [0.4, 0.5) is 0 Å². The normalized spacial score (nSPS) is 16.4. The lowest BCUT2D eigenvalue weighted by Crippen LogP contribution is -2.31. The number of carbonyl (C=O) groups excluding carboxylic acids is 1. The Morgan fingerprint density at radius 2 is 1.90 bits per heavy atom. The van der Waals surface area contributed by atoms with E-state index in [4.69, 9.17) is 11.6 Å². The Kier molecular flexibility index (Phi) is 5.30. The third kappa shape index (κ3) is 3.87. The maximum Gasteiger partial charge on any atom is 0.223 e. The standard InChI is InChI=1S/C26H25ClN2O/c27-25-23(15-20-8-4-5-9-24(20)29-25)22-13-19-11-10-17(12-21(19)14-22)16-28-26(30)18-6-2-1-3-7-18/h4-5,8-12,14-15,18H,1-3,6-7,13,16H2,(H,28,30). The minimum absolute atomic E-state index is 0.197. The van der Waals surface area contributed by atoms with Gasteiger partial charge in [0, 0.05) is 23.4 Å². The van der Waals surface area contributed by atoms with Crippen molar-refractivity contribution in [1.82, 2.24) is 10.3 Å². The zero-order valence-electron chi connectivity index (χ0n) is 17.0. The molecule has 0 aliphatic heterocycles. The second kappa shape index (κ2) is 8.23. The third-order valence-corrected chi connectivity index (χ3v) is 6.68. The number of hydrogen-bond donors (Lipinski definition) is 1. The molecular formula is C26H25ClN2O. The lowest BCUT2D eigenvalue weighted by atomic mass is 9.88. The number of carbonyl (C=O) groups is 1. The number of rotatable bonds is 4. The van der Waals surface area contributed by atoms with Gasteiger partial charge in [-0.3, -0.25) is 4.79 Å². The van der Waals surface area contributed by atoms with Gasteiger partial charge in [-0.1, -0.05) is 67.3 Å². The molecule has 1 N–H and O–H groups in total. The quantitative estimate of drug-likeness (QED) is 0.516. The van der Waals surface area contributed by atoms with Gasteiger partial charge in [0.25, 0.3) is 0 Å². The Morgan fingerprint density at radius 1 is 1.07 bits per heavy atom. The summed E-state index contributed by atoms with van der Waals surface area (Å²) < 4.78 is 0. The molecule has 1 heterocycles. The van der Waals surface area contributed by atoms with Crippen molar-refractivity contribution >= 4 is 40.1 Å². The summed E-state index contributed by atoms with van der Waals surface area (Å²) in [6, 6.07) is 16.7. The Balaban J connectivity index is 1.33. The lowest BCUT2D eigenvalue weighted by molar-refractivity contribution is -0.126. The van der Waals surface area contributed by atoms with E-state index in [0.29, 0.717) is 11.7 Å². The Hall–Kier alpha value is -2.65. The van der Waals surface area contributed by atoms with Crippen LogP contribution >= 0.6 is 11.6 Å². The number of aromatic nitrogens is 1. The van der Waals surface area contributed by atoms with Crippen LogP contribution in [0.1, 0.15) is 54.4 Å². The van der Waals surface area contributed by atoms with Crippen LogP contribution < -0.4 is 5.32 Å². The van der Waals surface area contributed by atoms with Crippen LogP contribution in [0.3, 0.4) is 0 Å².